The van der Waals surface area contributed by atoms with E-state index in [-0.39, 0.29) is 0 Å². The van der Waals surface area contributed by atoms with Crippen molar-refractivity contribution in [3.63, 3.8) is 0 Å². The lowest BCUT2D eigenvalue weighted by Gasteiger charge is -2.38. The Balaban J connectivity index is 2.13. The topological polar surface area (TPSA) is 3.24 Å². The van der Waals surface area contributed by atoms with Crippen LogP contribution in [0.2, 0.25) is 0 Å². The molecule has 0 aromatic rings. The van der Waals surface area contributed by atoms with E-state index in [1.54, 1.807) is 0 Å². The average Bonchev–Trinajstić information content (AvgIpc) is 1.93. The van der Waals surface area contributed by atoms with Crippen LogP contribution in [0.25, 0.3) is 0 Å². The van der Waals surface area contributed by atoms with Gasteiger partial charge in [-0.25, -0.2) is 0 Å². The Labute approximate surface area is 70.8 Å². The van der Waals surface area contributed by atoms with Gasteiger partial charge in [0.05, 0.1) is 0 Å². The Bertz CT molecular complexity index is 97.0. The molecule has 1 atom stereocenters. The first-order chi connectivity index (χ1) is 5.38. The van der Waals surface area contributed by atoms with Crippen molar-refractivity contribution < 1.29 is 0 Å². The summed E-state index contributed by atoms with van der Waals surface area (Å²) < 4.78 is 0. The first-order valence-corrected chi connectivity index (χ1v) is 5.12. The van der Waals surface area contributed by atoms with Gasteiger partial charge in [-0.2, -0.15) is 0 Å². The molecule has 0 N–H and O–H groups in total. The number of rotatable bonds is 5. The van der Waals surface area contributed by atoms with Gasteiger partial charge in [-0.15, -0.1) is 0 Å². The summed E-state index contributed by atoms with van der Waals surface area (Å²) in [5.74, 6) is 0. The molecule has 0 aliphatic carbocycles. The quantitative estimate of drug-likeness (QED) is 0.590. The minimum Gasteiger partial charge on any atom is -0.300 e. The fourth-order valence-electron chi connectivity index (χ4n) is 1.79. The van der Waals surface area contributed by atoms with Gasteiger partial charge in [-0.05, 0) is 32.4 Å². The van der Waals surface area contributed by atoms with Gasteiger partial charge in [-0.1, -0.05) is 26.7 Å². The highest BCUT2D eigenvalue weighted by atomic mass is 15.2. The summed E-state index contributed by atoms with van der Waals surface area (Å²) in [6.45, 7) is 7.33. The van der Waals surface area contributed by atoms with Crippen molar-refractivity contribution >= 4 is 0 Å². The van der Waals surface area contributed by atoms with Crippen molar-refractivity contribution in [2.75, 3.05) is 13.1 Å². The first-order valence-electron chi connectivity index (χ1n) is 5.12. The smallest absolute Gasteiger partial charge is 0.00926 e. The Morgan fingerprint density at radius 3 is 2.36 bits per heavy atom. The van der Waals surface area contributed by atoms with Gasteiger partial charge in [0.15, 0.2) is 0 Å². The van der Waals surface area contributed by atoms with Crippen LogP contribution in [-0.2, 0) is 0 Å². The summed E-state index contributed by atoms with van der Waals surface area (Å²) in [4.78, 5) is 2.63. The maximum Gasteiger partial charge on any atom is 0.00926 e. The highest BCUT2D eigenvalue weighted by Crippen LogP contribution is 2.18. The Hall–Kier alpha value is -0.0400. The van der Waals surface area contributed by atoms with Crippen molar-refractivity contribution in [3.8, 4) is 0 Å². The van der Waals surface area contributed by atoms with Gasteiger partial charge in [-0.3, -0.25) is 0 Å². The predicted octanol–water partition coefficient (Wildman–Crippen LogP) is 2.66. The normalized spacial score (nSPS) is 21.3. The second-order valence-electron chi connectivity index (χ2n) is 3.59. The molecule has 1 rings (SSSR count). The third-order valence-corrected chi connectivity index (χ3v) is 2.77. The summed E-state index contributed by atoms with van der Waals surface area (Å²) in [5, 5.41) is 0. The largest absolute Gasteiger partial charge is 0.300 e. The van der Waals surface area contributed by atoms with Crippen LogP contribution in [0.15, 0.2) is 0 Å². The van der Waals surface area contributed by atoms with E-state index >= 15 is 0 Å². The van der Waals surface area contributed by atoms with Crippen molar-refractivity contribution in [3.05, 3.63) is 0 Å². The zero-order valence-corrected chi connectivity index (χ0v) is 7.97. The van der Waals surface area contributed by atoms with Crippen molar-refractivity contribution in [2.45, 2.75) is 52.0 Å². The van der Waals surface area contributed by atoms with Gasteiger partial charge >= 0.3 is 0 Å². The minimum atomic E-state index is 0.906. The van der Waals surface area contributed by atoms with E-state index in [9.17, 15) is 0 Å². The summed E-state index contributed by atoms with van der Waals surface area (Å²) in [6, 6.07) is 0.906. The molecule has 1 fully saturated rings. The van der Waals surface area contributed by atoms with Crippen LogP contribution in [0.4, 0.5) is 0 Å². The predicted molar refractivity (Wildman–Crippen MR) is 49.8 cm³/mol. The lowest BCUT2D eigenvalue weighted by Crippen LogP contribution is -2.44. The van der Waals surface area contributed by atoms with Crippen LogP contribution in [0.3, 0.4) is 0 Å². The molecule has 1 aliphatic heterocycles. The molecule has 1 saturated heterocycles. The number of hydrogen-bond donors (Lipinski definition) is 0. The number of hydrogen-bond acceptors (Lipinski definition) is 1. The van der Waals surface area contributed by atoms with Crippen LogP contribution in [0.5, 0.6) is 0 Å². The molecule has 0 aromatic heterocycles. The lowest BCUT2D eigenvalue weighted by atomic mass is 10.0. The molecule has 0 bridgehead atoms. The molecule has 0 aromatic carbocycles. The van der Waals surface area contributed by atoms with Gasteiger partial charge in [0.2, 0.25) is 0 Å². The van der Waals surface area contributed by atoms with E-state index in [0.29, 0.717) is 0 Å². The molecular formula is C10H21N. The maximum atomic E-state index is 2.63. The van der Waals surface area contributed by atoms with E-state index in [0.717, 1.165) is 6.04 Å². The molecule has 0 amide bonds. The molecule has 0 radical (unpaired) electrons. The van der Waals surface area contributed by atoms with E-state index in [2.05, 4.69) is 18.7 Å². The lowest BCUT2D eigenvalue weighted by molar-refractivity contribution is 0.107. The van der Waals surface area contributed by atoms with Gasteiger partial charge in [0, 0.05) is 6.04 Å². The second kappa shape index (κ2) is 4.76. The molecule has 0 saturated carbocycles. The fourth-order valence-corrected chi connectivity index (χ4v) is 1.79. The molecule has 1 nitrogen and oxygen atoms in total. The zero-order chi connectivity index (χ0) is 8.10. The molecule has 1 aliphatic rings. The second-order valence-corrected chi connectivity index (χ2v) is 3.59. The SMILES string of the molecule is CCCCC(CC)N1CCC1. The van der Waals surface area contributed by atoms with Crippen LogP contribution >= 0.6 is 0 Å². The Morgan fingerprint density at radius 2 is 2.00 bits per heavy atom. The van der Waals surface area contributed by atoms with Gasteiger partial charge in [0.25, 0.3) is 0 Å². The summed E-state index contributed by atoms with van der Waals surface area (Å²) in [6.07, 6.45) is 6.97. The highest BCUT2D eigenvalue weighted by molar-refractivity contribution is 4.77. The monoisotopic (exact) mass is 155 g/mol. The summed E-state index contributed by atoms with van der Waals surface area (Å²) in [5.41, 5.74) is 0. The van der Waals surface area contributed by atoms with Crippen molar-refractivity contribution in [1.82, 2.24) is 4.90 Å². The highest BCUT2D eigenvalue weighted by Gasteiger charge is 2.21. The van der Waals surface area contributed by atoms with Crippen LogP contribution in [0, 0.1) is 0 Å². The maximum absolute atomic E-state index is 2.63. The molecule has 0 spiro atoms. The number of likely N-dealkylation sites (tertiary alicyclic amines) is 1. The third-order valence-electron chi connectivity index (χ3n) is 2.77. The van der Waals surface area contributed by atoms with Crippen LogP contribution in [0.1, 0.15) is 46.0 Å². The Morgan fingerprint density at radius 1 is 1.27 bits per heavy atom. The van der Waals surface area contributed by atoms with Gasteiger partial charge < -0.3 is 4.90 Å². The van der Waals surface area contributed by atoms with E-state index < -0.39 is 0 Å². The zero-order valence-electron chi connectivity index (χ0n) is 7.97. The van der Waals surface area contributed by atoms with E-state index in [1.165, 1.54) is 45.2 Å². The molecule has 11 heavy (non-hydrogen) atoms. The molecule has 1 heteroatoms. The number of nitrogens with zero attached hydrogens (tertiary/aromatic N) is 1. The van der Waals surface area contributed by atoms with Crippen LogP contribution < -0.4 is 0 Å². The standard InChI is InChI=1S/C10H21N/c1-3-5-7-10(4-2)11-8-6-9-11/h10H,3-9H2,1-2H3. The van der Waals surface area contributed by atoms with E-state index in [4.69, 9.17) is 0 Å². The molecule has 1 unspecified atom stereocenters. The number of unbranched alkanes of at least 4 members (excludes halogenated alkanes) is 1. The van der Waals surface area contributed by atoms with Crippen LogP contribution in [-0.4, -0.2) is 24.0 Å². The summed E-state index contributed by atoms with van der Waals surface area (Å²) >= 11 is 0. The minimum absolute atomic E-state index is 0.906. The van der Waals surface area contributed by atoms with Crippen molar-refractivity contribution in [2.24, 2.45) is 0 Å². The molecular weight excluding hydrogens is 134 g/mol. The molecule has 1 heterocycles. The van der Waals surface area contributed by atoms with E-state index in [1.807, 2.05) is 0 Å². The molecule has 66 valence electrons. The van der Waals surface area contributed by atoms with Gasteiger partial charge in [0.1, 0.15) is 0 Å². The Kier molecular flexibility index (Phi) is 3.92. The average molecular weight is 155 g/mol. The fraction of sp³-hybridized carbons (Fsp3) is 1.00. The van der Waals surface area contributed by atoms with Crippen molar-refractivity contribution in [1.29, 1.82) is 0 Å². The third kappa shape index (κ3) is 2.48. The first kappa shape index (κ1) is 9.05. The summed E-state index contributed by atoms with van der Waals surface area (Å²) in [7, 11) is 0.